The van der Waals surface area contributed by atoms with E-state index < -0.39 is 0 Å². The van der Waals surface area contributed by atoms with E-state index >= 15 is 0 Å². The summed E-state index contributed by atoms with van der Waals surface area (Å²) in [5.41, 5.74) is 0. The van der Waals surface area contributed by atoms with Crippen LogP contribution in [0.2, 0.25) is 0 Å². The Morgan fingerprint density at radius 1 is 1.30 bits per heavy atom. The molecule has 0 saturated heterocycles. The molecule has 0 aliphatic heterocycles. The van der Waals surface area contributed by atoms with Crippen LogP contribution in [0.5, 0.6) is 0 Å². The Morgan fingerprint density at radius 2 is 2.10 bits per heavy atom. The van der Waals surface area contributed by atoms with E-state index in [2.05, 4.69) is 13.8 Å². The second-order valence-corrected chi connectivity index (χ2v) is 3.19. The van der Waals surface area contributed by atoms with Crippen LogP contribution in [-0.4, -0.2) is 12.7 Å². The number of ether oxygens (including phenoxy) is 1. The van der Waals surface area contributed by atoms with Crippen LogP contribution in [0.3, 0.4) is 0 Å². The first kappa shape index (κ1) is 8.06. The van der Waals surface area contributed by atoms with E-state index in [0.29, 0.717) is 6.10 Å². The van der Waals surface area contributed by atoms with Gasteiger partial charge in [-0.1, -0.05) is 20.3 Å². The fourth-order valence-electron chi connectivity index (χ4n) is 1.37. The van der Waals surface area contributed by atoms with E-state index in [4.69, 9.17) is 4.74 Å². The van der Waals surface area contributed by atoms with Gasteiger partial charge in [-0.05, 0) is 25.2 Å². The summed E-state index contributed by atoms with van der Waals surface area (Å²) in [6.45, 7) is 5.37. The summed E-state index contributed by atoms with van der Waals surface area (Å²) in [4.78, 5) is 0. The highest BCUT2D eigenvalue weighted by atomic mass is 16.5. The molecular formula is C9H18O. The maximum atomic E-state index is 5.57. The summed E-state index contributed by atoms with van der Waals surface area (Å²) in [5, 5.41) is 0. The van der Waals surface area contributed by atoms with Gasteiger partial charge in [0.1, 0.15) is 0 Å². The van der Waals surface area contributed by atoms with Gasteiger partial charge in [-0.15, -0.1) is 0 Å². The fourth-order valence-corrected chi connectivity index (χ4v) is 1.37. The minimum Gasteiger partial charge on any atom is -0.378 e. The van der Waals surface area contributed by atoms with Crippen molar-refractivity contribution in [2.45, 2.75) is 45.6 Å². The first-order chi connectivity index (χ1) is 4.88. The lowest BCUT2D eigenvalue weighted by atomic mass is 10.2. The van der Waals surface area contributed by atoms with E-state index in [1.165, 1.54) is 19.3 Å². The fraction of sp³-hybridized carbons (Fsp3) is 1.00. The Morgan fingerprint density at radius 3 is 2.70 bits per heavy atom. The second kappa shape index (κ2) is 3.97. The lowest BCUT2D eigenvalue weighted by Gasteiger charge is -1.98. The molecule has 1 heteroatoms. The SMILES string of the molecule is CCCOC1CC1CCC. The van der Waals surface area contributed by atoms with Crippen LogP contribution in [0.15, 0.2) is 0 Å². The predicted molar refractivity (Wildman–Crippen MR) is 43.0 cm³/mol. The Hall–Kier alpha value is -0.0400. The van der Waals surface area contributed by atoms with Crippen LogP contribution in [-0.2, 0) is 4.74 Å². The summed E-state index contributed by atoms with van der Waals surface area (Å²) in [5.74, 6) is 0.913. The average Bonchev–Trinajstić information content (AvgIpc) is 2.65. The molecule has 0 N–H and O–H groups in total. The van der Waals surface area contributed by atoms with Crippen molar-refractivity contribution < 1.29 is 4.74 Å². The van der Waals surface area contributed by atoms with Gasteiger partial charge in [0.25, 0.3) is 0 Å². The van der Waals surface area contributed by atoms with Crippen molar-refractivity contribution in [3.05, 3.63) is 0 Å². The molecule has 1 nitrogen and oxygen atoms in total. The predicted octanol–water partition coefficient (Wildman–Crippen LogP) is 2.60. The second-order valence-electron chi connectivity index (χ2n) is 3.19. The van der Waals surface area contributed by atoms with Gasteiger partial charge in [0.2, 0.25) is 0 Å². The van der Waals surface area contributed by atoms with Crippen molar-refractivity contribution in [2.75, 3.05) is 6.61 Å². The molecule has 60 valence electrons. The number of hydrogen-bond acceptors (Lipinski definition) is 1. The molecule has 0 heterocycles. The van der Waals surface area contributed by atoms with E-state index in [-0.39, 0.29) is 0 Å². The molecule has 2 unspecified atom stereocenters. The molecule has 0 bridgehead atoms. The summed E-state index contributed by atoms with van der Waals surface area (Å²) in [6.07, 6.45) is 5.81. The Bertz CT molecular complexity index is 90.7. The molecule has 1 fully saturated rings. The summed E-state index contributed by atoms with van der Waals surface area (Å²) in [6, 6.07) is 0. The largest absolute Gasteiger partial charge is 0.378 e. The zero-order valence-corrected chi connectivity index (χ0v) is 7.10. The van der Waals surface area contributed by atoms with Crippen molar-refractivity contribution in [1.29, 1.82) is 0 Å². The van der Waals surface area contributed by atoms with E-state index in [9.17, 15) is 0 Å². The van der Waals surface area contributed by atoms with Crippen LogP contribution < -0.4 is 0 Å². The topological polar surface area (TPSA) is 9.23 Å². The Balaban J connectivity index is 1.92. The van der Waals surface area contributed by atoms with E-state index in [0.717, 1.165) is 18.9 Å². The molecule has 0 aromatic carbocycles. The average molecular weight is 142 g/mol. The van der Waals surface area contributed by atoms with Gasteiger partial charge in [0.05, 0.1) is 6.10 Å². The minimum atomic E-state index is 0.639. The van der Waals surface area contributed by atoms with E-state index in [1.807, 2.05) is 0 Å². The molecule has 1 saturated carbocycles. The number of rotatable bonds is 5. The van der Waals surface area contributed by atoms with Crippen LogP contribution in [0.4, 0.5) is 0 Å². The minimum absolute atomic E-state index is 0.639. The monoisotopic (exact) mass is 142 g/mol. The molecule has 0 amide bonds. The van der Waals surface area contributed by atoms with Crippen molar-refractivity contribution in [3.63, 3.8) is 0 Å². The molecule has 0 aromatic rings. The summed E-state index contributed by atoms with van der Waals surface area (Å²) >= 11 is 0. The molecule has 0 radical (unpaired) electrons. The molecule has 1 aliphatic rings. The first-order valence-electron chi connectivity index (χ1n) is 4.50. The van der Waals surface area contributed by atoms with Gasteiger partial charge in [0, 0.05) is 6.61 Å². The highest BCUT2D eigenvalue weighted by Gasteiger charge is 2.36. The third-order valence-electron chi connectivity index (χ3n) is 2.05. The van der Waals surface area contributed by atoms with Crippen molar-refractivity contribution in [1.82, 2.24) is 0 Å². The van der Waals surface area contributed by atoms with Crippen LogP contribution in [0, 0.1) is 5.92 Å². The maximum absolute atomic E-state index is 5.57. The third kappa shape index (κ3) is 2.30. The van der Waals surface area contributed by atoms with Gasteiger partial charge in [0.15, 0.2) is 0 Å². The molecule has 1 aliphatic carbocycles. The van der Waals surface area contributed by atoms with Crippen LogP contribution in [0.25, 0.3) is 0 Å². The molecular weight excluding hydrogens is 124 g/mol. The van der Waals surface area contributed by atoms with Crippen LogP contribution in [0.1, 0.15) is 39.5 Å². The zero-order chi connectivity index (χ0) is 7.40. The van der Waals surface area contributed by atoms with Gasteiger partial charge in [-0.2, -0.15) is 0 Å². The lowest BCUT2D eigenvalue weighted by molar-refractivity contribution is 0.108. The quantitative estimate of drug-likeness (QED) is 0.573. The van der Waals surface area contributed by atoms with Gasteiger partial charge >= 0.3 is 0 Å². The van der Waals surface area contributed by atoms with E-state index in [1.54, 1.807) is 0 Å². The van der Waals surface area contributed by atoms with Gasteiger partial charge < -0.3 is 4.74 Å². The standard InChI is InChI=1S/C9H18O/c1-3-5-8-7-9(8)10-6-4-2/h8-9H,3-7H2,1-2H3. The zero-order valence-electron chi connectivity index (χ0n) is 7.10. The van der Waals surface area contributed by atoms with Gasteiger partial charge in [-0.3, -0.25) is 0 Å². The third-order valence-corrected chi connectivity index (χ3v) is 2.05. The molecule has 2 atom stereocenters. The smallest absolute Gasteiger partial charge is 0.0607 e. The molecule has 1 rings (SSSR count). The van der Waals surface area contributed by atoms with Crippen molar-refractivity contribution in [2.24, 2.45) is 5.92 Å². The molecule has 0 spiro atoms. The Labute approximate surface area is 63.8 Å². The lowest BCUT2D eigenvalue weighted by Crippen LogP contribution is -1.97. The van der Waals surface area contributed by atoms with Gasteiger partial charge in [-0.25, -0.2) is 0 Å². The maximum Gasteiger partial charge on any atom is 0.0607 e. The summed E-state index contributed by atoms with van der Waals surface area (Å²) < 4.78 is 5.57. The number of hydrogen-bond donors (Lipinski definition) is 0. The molecule has 0 aromatic heterocycles. The highest BCUT2D eigenvalue weighted by molar-refractivity contribution is 4.86. The Kier molecular flexibility index (Phi) is 3.20. The molecule has 10 heavy (non-hydrogen) atoms. The summed E-state index contributed by atoms with van der Waals surface area (Å²) in [7, 11) is 0. The van der Waals surface area contributed by atoms with Crippen LogP contribution >= 0.6 is 0 Å². The first-order valence-corrected chi connectivity index (χ1v) is 4.50. The highest BCUT2D eigenvalue weighted by Crippen LogP contribution is 2.37. The van der Waals surface area contributed by atoms with Crippen molar-refractivity contribution >= 4 is 0 Å². The normalized spacial score (nSPS) is 30.6. The van der Waals surface area contributed by atoms with Crippen molar-refractivity contribution in [3.8, 4) is 0 Å².